The van der Waals surface area contributed by atoms with Crippen molar-refractivity contribution >= 4 is 6.09 Å². The summed E-state index contributed by atoms with van der Waals surface area (Å²) in [5.74, 6) is 0. The van der Waals surface area contributed by atoms with Crippen molar-refractivity contribution in [2.45, 2.75) is 51.7 Å². The Hall–Kier alpha value is -0.810. The third-order valence-electron chi connectivity index (χ3n) is 2.63. The predicted octanol–water partition coefficient (Wildman–Crippen LogP) is 1.67. The van der Waals surface area contributed by atoms with Crippen LogP contribution in [0, 0.1) is 0 Å². The molecule has 0 aromatic heterocycles. The van der Waals surface area contributed by atoms with Crippen LogP contribution in [0.2, 0.25) is 0 Å². The lowest BCUT2D eigenvalue weighted by molar-refractivity contribution is 0.0382. The van der Waals surface area contributed by atoms with Gasteiger partial charge in [-0.3, -0.25) is 0 Å². The first kappa shape index (κ1) is 15.2. The molecule has 0 radical (unpaired) electrons. The number of ether oxygens (including phenoxy) is 2. The number of alkyl carbamates (subject to hydrolysis) is 1. The van der Waals surface area contributed by atoms with E-state index in [0.29, 0.717) is 13.2 Å². The molecule has 18 heavy (non-hydrogen) atoms. The Morgan fingerprint density at radius 2 is 2.17 bits per heavy atom. The highest BCUT2D eigenvalue weighted by molar-refractivity contribution is 5.67. The maximum Gasteiger partial charge on any atom is 0.407 e. The minimum Gasteiger partial charge on any atom is -0.444 e. The Morgan fingerprint density at radius 3 is 2.89 bits per heavy atom. The summed E-state index contributed by atoms with van der Waals surface area (Å²) in [5, 5.41) is 6.03. The minimum atomic E-state index is -0.448. The molecule has 1 fully saturated rings. The van der Waals surface area contributed by atoms with Gasteiger partial charge in [0.05, 0.1) is 12.7 Å². The van der Waals surface area contributed by atoms with Crippen molar-refractivity contribution in [1.29, 1.82) is 0 Å². The second kappa shape index (κ2) is 7.59. The lowest BCUT2D eigenvalue weighted by atomic mass is 10.2. The molecule has 0 spiro atoms. The lowest BCUT2D eigenvalue weighted by Crippen LogP contribution is -2.35. The van der Waals surface area contributed by atoms with Gasteiger partial charge in [0.2, 0.25) is 0 Å². The van der Waals surface area contributed by atoms with Crippen LogP contribution in [-0.4, -0.2) is 44.0 Å². The Labute approximate surface area is 110 Å². The van der Waals surface area contributed by atoms with Crippen LogP contribution in [0.4, 0.5) is 4.79 Å². The van der Waals surface area contributed by atoms with Gasteiger partial charge in [-0.15, -0.1) is 0 Å². The van der Waals surface area contributed by atoms with Gasteiger partial charge in [0, 0.05) is 13.1 Å². The van der Waals surface area contributed by atoms with E-state index in [-0.39, 0.29) is 12.2 Å². The summed E-state index contributed by atoms with van der Waals surface area (Å²) in [4.78, 5) is 11.4. The number of hydrogen-bond donors (Lipinski definition) is 2. The summed E-state index contributed by atoms with van der Waals surface area (Å²) < 4.78 is 10.8. The molecular weight excluding hydrogens is 232 g/mol. The van der Waals surface area contributed by atoms with E-state index < -0.39 is 5.60 Å². The van der Waals surface area contributed by atoms with E-state index in [4.69, 9.17) is 9.47 Å². The maximum atomic E-state index is 11.4. The molecule has 1 atom stereocenters. The molecule has 1 aliphatic rings. The van der Waals surface area contributed by atoms with E-state index in [1.54, 1.807) is 0 Å². The molecule has 5 nitrogen and oxygen atoms in total. The van der Waals surface area contributed by atoms with E-state index in [1.165, 1.54) is 12.8 Å². The van der Waals surface area contributed by atoms with Crippen LogP contribution < -0.4 is 10.6 Å². The van der Waals surface area contributed by atoms with Crippen molar-refractivity contribution in [3.63, 3.8) is 0 Å². The van der Waals surface area contributed by atoms with Gasteiger partial charge in [0.1, 0.15) is 5.60 Å². The minimum absolute atomic E-state index is 0.271. The van der Waals surface area contributed by atoms with Crippen LogP contribution in [0.5, 0.6) is 0 Å². The molecule has 0 aromatic rings. The molecular formula is C13H26N2O3. The monoisotopic (exact) mass is 258 g/mol. The van der Waals surface area contributed by atoms with Crippen molar-refractivity contribution in [3.8, 4) is 0 Å². The maximum absolute atomic E-state index is 11.4. The van der Waals surface area contributed by atoms with E-state index in [2.05, 4.69) is 10.6 Å². The molecule has 1 heterocycles. The third-order valence-corrected chi connectivity index (χ3v) is 2.63. The van der Waals surface area contributed by atoms with Gasteiger partial charge in [-0.05, 0) is 46.6 Å². The number of carbonyl (C=O) groups is 1. The number of nitrogens with one attached hydrogen (secondary N) is 2. The van der Waals surface area contributed by atoms with Crippen molar-refractivity contribution in [2.24, 2.45) is 0 Å². The van der Waals surface area contributed by atoms with Crippen LogP contribution >= 0.6 is 0 Å². The SMILES string of the molecule is CC(C)(C)OC(=O)NCCOC1CCCCNC1. The fourth-order valence-electron chi connectivity index (χ4n) is 1.82. The molecule has 1 amide bonds. The zero-order valence-electron chi connectivity index (χ0n) is 11.8. The highest BCUT2D eigenvalue weighted by Gasteiger charge is 2.16. The highest BCUT2D eigenvalue weighted by atomic mass is 16.6. The molecule has 1 aliphatic heterocycles. The molecule has 1 unspecified atom stereocenters. The second-order valence-electron chi connectivity index (χ2n) is 5.62. The summed E-state index contributed by atoms with van der Waals surface area (Å²) in [7, 11) is 0. The summed E-state index contributed by atoms with van der Waals surface area (Å²) in [6.45, 7) is 8.56. The lowest BCUT2D eigenvalue weighted by Gasteiger charge is -2.20. The molecule has 0 bridgehead atoms. The number of carbonyl (C=O) groups excluding carboxylic acids is 1. The average Bonchev–Trinajstić information content (AvgIpc) is 2.50. The first-order valence-electron chi connectivity index (χ1n) is 6.76. The summed E-state index contributed by atoms with van der Waals surface area (Å²) in [6.07, 6.45) is 3.41. The van der Waals surface area contributed by atoms with Crippen LogP contribution in [0.15, 0.2) is 0 Å². The van der Waals surface area contributed by atoms with Crippen molar-refractivity contribution in [1.82, 2.24) is 10.6 Å². The standard InChI is InChI=1S/C13H26N2O3/c1-13(2,3)18-12(16)15-8-9-17-11-6-4-5-7-14-10-11/h11,14H,4-10H2,1-3H3,(H,15,16). The highest BCUT2D eigenvalue weighted by Crippen LogP contribution is 2.08. The smallest absolute Gasteiger partial charge is 0.407 e. The van der Waals surface area contributed by atoms with E-state index in [9.17, 15) is 4.79 Å². The number of amides is 1. The topological polar surface area (TPSA) is 59.6 Å². The van der Waals surface area contributed by atoms with E-state index in [0.717, 1.165) is 19.5 Å². The van der Waals surface area contributed by atoms with Crippen molar-refractivity contribution in [2.75, 3.05) is 26.2 Å². The number of rotatable bonds is 4. The molecule has 1 rings (SSSR count). The van der Waals surface area contributed by atoms with Crippen LogP contribution in [0.1, 0.15) is 40.0 Å². The Bertz CT molecular complexity index is 243. The molecule has 0 aromatic carbocycles. The fraction of sp³-hybridized carbons (Fsp3) is 0.923. The quantitative estimate of drug-likeness (QED) is 0.753. The van der Waals surface area contributed by atoms with Crippen LogP contribution in [0.3, 0.4) is 0 Å². The molecule has 5 heteroatoms. The van der Waals surface area contributed by atoms with Gasteiger partial charge in [0.25, 0.3) is 0 Å². The van der Waals surface area contributed by atoms with Gasteiger partial charge in [-0.25, -0.2) is 4.79 Å². The van der Waals surface area contributed by atoms with E-state index >= 15 is 0 Å². The largest absolute Gasteiger partial charge is 0.444 e. The average molecular weight is 258 g/mol. The molecule has 0 aliphatic carbocycles. The zero-order chi connectivity index (χ0) is 13.4. The first-order chi connectivity index (χ1) is 8.47. The molecule has 106 valence electrons. The third kappa shape index (κ3) is 7.50. The van der Waals surface area contributed by atoms with Gasteiger partial charge in [-0.2, -0.15) is 0 Å². The Kier molecular flexibility index (Phi) is 6.43. The fourth-order valence-corrected chi connectivity index (χ4v) is 1.82. The zero-order valence-corrected chi connectivity index (χ0v) is 11.8. The molecule has 0 saturated carbocycles. The van der Waals surface area contributed by atoms with Crippen molar-refractivity contribution in [3.05, 3.63) is 0 Å². The Balaban J connectivity index is 2.05. The molecule has 2 N–H and O–H groups in total. The second-order valence-corrected chi connectivity index (χ2v) is 5.62. The van der Waals surface area contributed by atoms with E-state index in [1.807, 2.05) is 20.8 Å². The summed E-state index contributed by atoms with van der Waals surface area (Å²) in [5.41, 5.74) is -0.448. The normalized spacial score (nSPS) is 21.2. The van der Waals surface area contributed by atoms with Gasteiger partial charge < -0.3 is 20.1 Å². The van der Waals surface area contributed by atoms with Gasteiger partial charge in [0.15, 0.2) is 0 Å². The van der Waals surface area contributed by atoms with Crippen molar-refractivity contribution < 1.29 is 14.3 Å². The van der Waals surface area contributed by atoms with Gasteiger partial charge in [-0.1, -0.05) is 0 Å². The first-order valence-corrected chi connectivity index (χ1v) is 6.76. The summed E-state index contributed by atoms with van der Waals surface area (Å²) in [6, 6.07) is 0. The molecule has 1 saturated heterocycles. The van der Waals surface area contributed by atoms with Gasteiger partial charge >= 0.3 is 6.09 Å². The summed E-state index contributed by atoms with van der Waals surface area (Å²) >= 11 is 0. The Morgan fingerprint density at radius 1 is 1.39 bits per heavy atom. The van der Waals surface area contributed by atoms with Crippen LogP contribution in [-0.2, 0) is 9.47 Å². The predicted molar refractivity (Wildman–Crippen MR) is 70.7 cm³/mol. The number of hydrogen-bond acceptors (Lipinski definition) is 4. The van der Waals surface area contributed by atoms with Crippen LogP contribution in [0.25, 0.3) is 0 Å².